The molecule has 2 aromatic rings. The number of rotatable bonds is 3. The van der Waals surface area contributed by atoms with Crippen LogP contribution in [-0.4, -0.2) is 22.6 Å². The fourth-order valence-corrected chi connectivity index (χ4v) is 1.75. The third kappa shape index (κ3) is 2.03. The van der Waals surface area contributed by atoms with Gasteiger partial charge in [-0.25, -0.2) is 4.79 Å². The van der Waals surface area contributed by atoms with Crippen LogP contribution in [0.4, 0.5) is 0 Å². The molecule has 4 N–H and O–H groups in total. The molecular weight excluding hydrogens is 228 g/mol. The van der Waals surface area contributed by atoms with Crippen molar-refractivity contribution in [2.45, 2.75) is 6.42 Å². The summed E-state index contributed by atoms with van der Waals surface area (Å²) >= 11 is 0. The van der Waals surface area contributed by atoms with Gasteiger partial charge in [-0.15, -0.1) is 12.4 Å². The lowest BCUT2D eigenvalue weighted by atomic mass is 10.1. The molecule has 0 fully saturated rings. The van der Waals surface area contributed by atoms with Gasteiger partial charge in [-0.1, -0.05) is 12.1 Å². The molecule has 0 aliphatic rings. The number of H-pyrrole nitrogens is 1. The highest BCUT2D eigenvalue weighted by molar-refractivity contribution is 6.02. The van der Waals surface area contributed by atoms with E-state index in [1.165, 1.54) is 0 Å². The predicted octanol–water partition coefficient (Wildman–Crippen LogP) is 1.79. The van der Waals surface area contributed by atoms with Crippen molar-refractivity contribution in [3.63, 3.8) is 0 Å². The van der Waals surface area contributed by atoms with Crippen LogP contribution in [0.1, 0.15) is 15.9 Å². The molecular formula is C11H13ClN2O2. The summed E-state index contributed by atoms with van der Waals surface area (Å²) in [5.74, 6) is -0.915. The van der Waals surface area contributed by atoms with E-state index < -0.39 is 5.97 Å². The smallest absolute Gasteiger partial charge is 0.337 e. The minimum Gasteiger partial charge on any atom is -0.478 e. The van der Waals surface area contributed by atoms with Crippen LogP contribution in [0.15, 0.2) is 24.4 Å². The largest absolute Gasteiger partial charge is 0.478 e. The van der Waals surface area contributed by atoms with E-state index in [9.17, 15) is 4.79 Å². The number of aromatic nitrogens is 1. The number of carbonyl (C=O) groups is 1. The van der Waals surface area contributed by atoms with E-state index in [-0.39, 0.29) is 12.4 Å². The lowest BCUT2D eigenvalue weighted by Gasteiger charge is -1.98. The Bertz CT molecular complexity index is 508. The van der Waals surface area contributed by atoms with E-state index in [2.05, 4.69) is 4.98 Å². The molecule has 1 heterocycles. The predicted molar refractivity (Wildman–Crippen MR) is 65.3 cm³/mol. The molecule has 0 saturated carbocycles. The molecule has 0 bridgehead atoms. The van der Waals surface area contributed by atoms with E-state index in [4.69, 9.17) is 10.8 Å². The minimum absolute atomic E-state index is 0. The second kappa shape index (κ2) is 5.01. The van der Waals surface area contributed by atoms with Gasteiger partial charge in [0.2, 0.25) is 0 Å². The topological polar surface area (TPSA) is 79.1 Å². The van der Waals surface area contributed by atoms with Gasteiger partial charge in [-0.2, -0.15) is 0 Å². The molecule has 1 aromatic carbocycles. The fraction of sp³-hybridized carbons (Fsp3) is 0.182. The first-order valence-electron chi connectivity index (χ1n) is 4.76. The van der Waals surface area contributed by atoms with Gasteiger partial charge in [0, 0.05) is 11.6 Å². The van der Waals surface area contributed by atoms with Crippen molar-refractivity contribution in [2.24, 2.45) is 5.73 Å². The Labute approximate surface area is 98.9 Å². The van der Waals surface area contributed by atoms with Gasteiger partial charge in [0.05, 0.1) is 11.1 Å². The molecule has 5 heteroatoms. The van der Waals surface area contributed by atoms with Gasteiger partial charge < -0.3 is 15.8 Å². The highest BCUT2D eigenvalue weighted by Crippen LogP contribution is 2.21. The van der Waals surface area contributed by atoms with Gasteiger partial charge in [0.1, 0.15) is 0 Å². The highest BCUT2D eigenvalue weighted by atomic mass is 35.5. The SMILES string of the molecule is Cl.NCCc1c[nH]c2c(C(=O)O)cccc12. The first-order chi connectivity index (χ1) is 7.24. The van der Waals surface area contributed by atoms with Crippen LogP contribution in [-0.2, 0) is 6.42 Å². The second-order valence-corrected chi connectivity index (χ2v) is 3.39. The lowest BCUT2D eigenvalue weighted by molar-refractivity contribution is 0.0699. The highest BCUT2D eigenvalue weighted by Gasteiger charge is 2.11. The number of hydrogen-bond acceptors (Lipinski definition) is 2. The summed E-state index contributed by atoms with van der Waals surface area (Å²) in [6.45, 7) is 0.560. The molecule has 4 nitrogen and oxygen atoms in total. The summed E-state index contributed by atoms with van der Waals surface area (Å²) in [5.41, 5.74) is 7.52. The molecule has 0 unspecified atom stereocenters. The van der Waals surface area contributed by atoms with Crippen molar-refractivity contribution < 1.29 is 9.90 Å². The third-order valence-electron chi connectivity index (χ3n) is 2.45. The van der Waals surface area contributed by atoms with Crippen LogP contribution < -0.4 is 5.73 Å². The number of fused-ring (bicyclic) bond motifs is 1. The van der Waals surface area contributed by atoms with Crippen molar-refractivity contribution in [1.82, 2.24) is 4.98 Å². The quantitative estimate of drug-likeness (QED) is 0.765. The molecule has 2 rings (SSSR count). The molecule has 0 spiro atoms. The number of nitrogens with two attached hydrogens (primary N) is 1. The van der Waals surface area contributed by atoms with Crippen molar-refractivity contribution in [3.05, 3.63) is 35.5 Å². The zero-order valence-electron chi connectivity index (χ0n) is 8.56. The molecule has 0 radical (unpaired) electrons. The number of hydrogen-bond donors (Lipinski definition) is 3. The molecule has 0 atom stereocenters. The number of carboxylic acids is 1. The van der Waals surface area contributed by atoms with Gasteiger partial charge in [-0.05, 0) is 24.6 Å². The number of aromatic amines is 1. The number of aromatic carboxylic acids is 1. The molecule has 0 aliphatic heterocycles. The number of benzene rings is 1. The standard InChI is InChI=1S/C11H12N2O2.ClH/c12-5-4-7-6-13-10-8(7)2-1-3-9(10)11(14)15;/h1-3,6,13H,4-5,12H2,(H,14,15);1H. The van der Waals surface area contributed by atoms with E-state index in [1.54, 1.807) is 12.1 Å². The van der Waals surface area contributed by atoms with Crippen LogP contribution in [0.5, 0.6) is 0 Å². The average Bonchev–Trinajstić information content (AvgIpc) is 2.62. The Balaban J connectivity index is 0.00000128. The van der Waals surface area contributed by atoms with Crippen LogP contribution >= 0.6 is 12.4 Å². The number of para-hydroxylation sites is 1. The Hall–Kier alpha value is -1.52. The van der Waals surface area contributed by atoms with Crippen molar-refractivity contribution in [3.8, 4) is 0 Å². The van der Waals surface area contributed by atoms with Crippen molar-refractivity contribution in [1.29, 1.82) is 0 Å². The summed E-state index contributed by atoms with van der Waals surface area (Å²) in [6.07, 6.45) is 2.58. The van der Waals surface area contributed by atoms with E-state index in [1.807, 2.05) is 12.3 Å². The summed E-state index contributed by atoms with van der Waals surface area (Å²) in [7, 11) is 0. The van der Waals surface area contributed by atoms with Crippen molar-refractivity contribution in [2.75, 3.05) is 6.54 Å². The van der Waals surface area contributed by atoms with Crippen LogP contribution in [0.2, 0.25) is 0 Å². The van der Waals surface area contributed by atoms with Crippen LogP contribution in [0.3, 0.4) is 0 Å². The Kier molecular flexibility index (Phi) is 3.93. The first-order valence-corrected chi connectivity index (χ1v) is 4.76. The zero-order valence-corrected chi connectivity index (χ0v) is 9.38. The molecule has 0 aliphatic carbocycles. The fourth-order valence-electron chi connectivity index (χ4n) is 1.75. The maximum absolute atomic E-state index is 10.9. The van der Waals surface area contributed by atoms with E-state index in [0.717, 1.165) is 17.4 Å². The maximum atomic E-state index is 10.9. The van der Waals surface area contributed by atoms with Gasteiger partial charge in [0.15, 0.2) is 0 Å². The molecule has 0 amide bonds. The van der Waals surface area contributed by atoms with Crippen LogP contribution in [0.25, 0.3) is 10.9 Å². The summed E-state index contributed by atoms with van der Waals surface area (Å²) < 4.78 is 0. The summed E-state index contributed by atoms with van der Waals surface area (Å²) in [5, 5.41) is 9.92. The van der Waals surface area contributed by atoms with Gasteiger partial charge in [-0.3, -0.25) is 0 Å². The monoisotopic (exact) mass is 240 g/mol. The van der Waals surface area contributed by atoms with Gasteiger partial charge in [0.25, 0.3) is 0 Å². The van der Waals surface area contributed by atoms with E-state index >= 15 is 0 Å². The second-order valence-electron chi connectivity index (χ2n) is 3.39. The average molecular weight is 241 g/mol. The van der Waals surface area contributed by atoms with Gasteiger partial charge >= 0.3 is 5.97 Å². The Morgan fingerprint density at radius 1 is 1.44 bits per heavy atom. The minimum atomic E-state index is -0.915. The first kappa shape index (κ1) is 12.5. The third-order valence-corrected chi connectivity index (χ3v) is 2.45. The number of halogens is 1. The normalized spacial score (nSPS) is 10.1. The summed E-state index contributed by atoms with van der Waals surface area (Å²) in [6, 6.07) is 5.25. The zero-order chi connectivity index (χ0) is 10.8. The number of carboxylic acid groups (broad SMARTS) is 1. The molecule has 0 saturated heterocycles. The maximum Gasteiger partial charge on any atom is 0.337 e. The van der Waals surface area contributed by atoms with E-state index in [0.29, 0.717) is 17.6 Å². The van der Waals surface area contributed by atoms with Crippen molar-refractivity contribution >= 4 is 29.3 Å². The summed E-state index contributed by atoms with van der Waals surface area (Å²) in [4.78, 5) is 13.9. The Morgan fingerprint density at radius 2 is 2.19 bits per heavy atom. The molecule has 16 heavy (non-hydrogen) atoms. The number of nitrogens with one attached hydrogen (secondary N) is 1. The van der Waals surface area contributed by atoms with Crippen LogP contribution in [0, 0.1) is 0 Å². The Morgan fingerprint density at radius 3 is 2.81 bits per heavy atom. The molecule has 1 aromatic heterocycles. The molecule has 86 valence electrons. The lowest BCUT2D eigenvalue weighted by Crippen LogP contribution is -2.02.